The molecule has 0 saturated carbocycles. The van der Waals surface area contributed by atoms with Crippen LogP contribution in [0.5, 0.6) is 0 Å². The second-order valence-electron chi connectivity index (χ2n) is 5.27. The zero-order chi connectivity index (χ0) is 15.2. The zero-order valence-electron chi connectivity index (χ0n) is 12.1. The van der Waals surface area contributed by atoms with Gasteiger partial charge in [-0.15, -0.1) is 0 Å². The van der Waals surface area contributed by atoms with Crippen molar-refractivity contribution < 1.29 is 4.39 Å². The van der Waals surface area contributed by atoms with Crippen LogP contribution in [0.1, 0.15) is 23.1 Å². The monoisotopic (exact) mass is 350 g/mol. The van der Waals surface area contributed by atoms with Crippen LogP contribution in [0.25, 0.3) is 0 Å². The highest BCUT2D eigenvalue weighted by Gasteiger charge is 2.11. The molecule has 2 aromatic carbocycles. The van der Waals surface area contributed by atoms with E-state index in [1.165, 1.54) is 17.2 Å². The fraction of sp³-hybridized carbons (Fsp3) is 0.294. The molecule has 0 heterocycles. The van der Waals surface area contributed by atoms with E-state index in [1.807, 2.05) is 6.07 Å². The first-order valence-corrected chi connectivity index (χ1v) is 7.84. The minimum absolute atomic E-state index is 0.114. The Labute approximate surface area is 133 Å². The first-order valence-electron chi connectivity index (χ1n) is 7.04. The van der Waals surface area contributed by atoms with Crippen LogP contribution in [-0.2, 0) is 12.8 Å². The molecule has 4 heteroatoms. The molecule has 0 spiro atoms. The molecule has 0 bridgehead atoms. The molecule has 2 aromatic rings. The summed E-state index contributed by atoms with van der Waals surface area (Å²) >= 11 is 3.46. The van der Waals surface area contributed by atoms with Crippen molar-refractivity contribution in [3.63, 3.8) is 0 Å². The minimum atomic E-state index is -0.220. The van der Waals surface area contributed by atoms with Crippen molar-refractivity contribution in [1.29, 1.82) is 0 Å². The lowest BCUT2D eigenvalue weighted by molar-refractivity contribution is 0.489. The van der Waals surface area contributed by atoms with Crippen LogP contribution < -0.4 is 11.3 Å². The number of hydrazine groups is 1. The third-order valence-electron chi connectivity index (χ3n) is 3.73. The van der Waals surface area contributed by atoms with E-state index >= 15 is 0 Å². The summed E-state index contributed by atoms with van der Waals surface area (Å²) in [5.41, 5.74) is 6.40. The lowest BCUT2D eigenvalue weighted by Gasteiger charge is -2.17. The van der Waals surface area contributed by atoms with Gasteiger partial charge in [0.15, 0.2) is 0 Å². The molecule has 0 fully saturated rings. The minimum Gasteiger partial charge on any atom is -0.271 e. The lowest BCUT2D eigenvalue weighted by atomic mass is 9.97. The fourth-order valence-corrected chi connectivity index (χ4v) is 2.84. The quantitative estimate of drug-likeness (QED) is 0.612. The van der Waals surface area contributed by atoms with E-state index in [0.717, 1.165) is 22.9 Å². The summed E-state index contributed by atoms with van der Waals surface area (Å²) in [6, 6.07) is 13.2. The van der Waals surface area contributed by atoms with E-state index in [4.69, 9.17) is 5.84 Å². The molecule has 2 nitrogen and oxygen atoms in total. The molecule has 0 aromatic heterocycles. The summed E-state index contributed by atoms with van der Waals surface area (Å²) in [5, 5.41) is 0. The van der Waals surface area contributed by atoms with Crippen molar-refractivity contribution in [2.24, 2.45) is 5.84 Å². The Bertz CT molecular complexity index is 601. The van der Waals surface area contributed by atoms with Crippen LogP contribution in [0.4, 0.5) is 4.39 Å². The fourth-order valence-electron chi connectivity index (χ4n) is 2.43. The molecule has 1 atom stereocenters. The van der Waals surface area contributed by atoms with Crippen LogP contribution in [0.3, 0.4) is 0 Å². The largest absolute Gasteiger partial charge is 0.271 e. The number of benzene rings is 2. The van der Waals surface area contributed by atoms with Crippen molar-refractivity contribution in [3.05, 3.63) is 69.4 Å². The molecule has 0 aliphatic heterocycles. The van der Waals surface area contributed by atoms with Gasteiger partial charge in [-0.25, -0.2) is 4.39 Å². The van der Waals surface area contributed by atoms with Crippen molar-refractivity contribution in [1.82, 2.24) is 5.43 Å². The number of nitrogens with two attached hydrogens (primary N) is 1. The van der Waals surface area contributed by atoms with Crippen LogP contribution >= 0.6 is 15.9 Å². The van der Waals surface area contributed by atoms with E-state index in [0.29, 0.717) is 6.42 Å². The maximum atomic E-state index is 13.3. The van der Waals surface area contributed by atoms with Crippen LogP contribution in [0.15, 0.2) is 46.9 Å². The number of aryl methyl sites for hydroxylation is 2. The van der Waals surface area contributed by atoms with Gasteiger partial charge in [0, 0.05) is 10.5 Å². The number of rotatable bonds is 6. The number of hydrogen-bond donors (Lipinski definition) is 2. The number of hydrogen-bond acceptors (Lipinski definition) is 2. The van der Waals surface area contributed by atoms with Crippen molar-refractivity contribution >= 4 is 15.9 Å². The first kappa shape index (κ1) is 16.1. The van der Waals surface area contributed by atoms with Gasteiger partial charge in [-0.2, -0.15) is 0 Å². The number of nitrogens with one attached hydrogen (secondary N) is 1. The van der Waals surface area contributed by atoms with Gasteiger partial charge < -0.3 is 0 Å². The van der Waals surface area contributed by atoms with Gasteiger partial charge in [-0.1, -0.05) is 40.2 Å². The molecule has 0 aliphatic rings. The molecule has 0 amide bonds. The van der Waals surface area contributed by atoms with Gasteiger partial charge in [0.25, 0.3) is 0 Å². The third-order valence-corrected chi connectivity index (χ3v) is 4.51. The van der Waals surface area contributed by atoms with Crippen molar-refractivity contribution in [2.75, 3.05) is 0 Å². The highest BCUT2D eigenvalue weighted by Crippen LogP contribution is 2.21. The molecule has 0 saturated heterocycles. The van der Waals surface area contributed by atoms with E-state index < -0.39 is 0 Å². The van der Waals surface area contributed by atoms with Crippen LogP contribution in [0.2, 0.25) is 0 Å². The van der Waals surface area contributed by atoms with Crippen LogP contribution in [-0.4, -0.2) is 6.04 Å². The lowest BCUT2D eigenvalue weighted by Crippen LogP contribution is -2.37. The van der Waals surface area contributed by atoms with Gasteiger partial charge in [0.2, 0.25) is 0 Å². The standard InChI is InChI=1S/C17H20BrFN2/c1-12-4-2-3-5-13(12)6-8-16(21-20)11-14-10-15(19)7-9-17(14)18/h2-5,7,9-10,16,21H,6,8,11,20H2,1H3. The van der Waals surface area contributed by atoms with E-state index in [2.05, 4.69) is 46.5 Å². The Balaban J connectivity index is 2.00. The smallest absolute Gasteiger partial charge is 0.123 e. The summed E-state index contributed by atoms with van der Waals surface area (Å²) in [6.07, 6.45) is 2.56. The van der Waals surface area contributed by atoms with E-state index in [-0.39, 0.29) is 11.9 Å². The first-order chi connectivity index (χ1) is 10.1. The van der Waals surface area contributed by atoms with Crippen molar-refractivity contribution in [2.45, 2.75) is 32.2 Å². The molecule has 112 valence electrons. The van der Waals surface area contributed by atoms with E-state index in [9.17, 15) is 4.39 Å². The maximum absolute atomic E-state index is 13.3. The molecular formula is C17H20BrFN2. The van der Waals surface area contributed by atoms with Gasteiger partial charge in [0.1, 0.15) is 5.82 Å². The van der Waals surface area contributed by atoms with Crippen molar-refractivity contribution in [3.8, 4) is 0 Å². The maximum Gasteiger partial charge on any atom is 0.123 e. The predicted octanol–water partition coefficient (Wildman–Crippen LogP) is 3.90. The summed E-state index contributed by atoms with van der Waals surface area (Å²) in [7, 11) is 0. The Morgan fingerprint density at radius 2 is 1.95 bits per heavy atom. The summed E-state index contributed by atoms with van der Waals surface area (Å²) in [5.74, 6) is 5.43. The van der Waals surface area contributed by atoms with Gasteiger partial charge in [-0.3, -0.25) is 11.3 Å². The summed E-state index contributed by atoms with van der Waals surface area (Å²) < 4.78 is 14.2. The Kier molecular flexibility index (Phi) is 5.91. The average molecular weight is 351 g/mol. The van der Waals surface area contributed by atoms with Gasteiger partial charge in [0.05, 0.1) is 0 Å². The predicted molar refractivity (Wildman–Crippen MR) is 88.4 cm³/mol. The SMILES string of the molecule is Cc1ccccc1CCC(Cc1cc(F)ccc1Br)NN. The Morgan fingerprint density at radius 3 is 2.67 bits per heavy atom. The zero-order valence-corrected chi connectivity index (χ0v) is 13.7. The number of halogens is 2. The average Bonchev–Trinajstić information content (AvgIpc) is 2.48. The second kappa shape index (κ2) is 7.69. The molecule has 0 radical (unpaired) electrons. The van der Waals surface area contributed by atoms with Gasteiger partial charge in [-0.05, 0) is 61.1 Å². The highest BCUT2D eigenvalue weighted by molar-refractivity contribution is 9.10. The molecule has 1 unspecified atom stereocenters. The summed E-state index contributed by atoms with van der Waals surface area (Å²) in [6.45, 7) is 2.11. The summed E-state index contributed by atoms with van der Waals surface area (Å²) in [4.78, 5) is 0. The van der Waals surface area contributed by atoms with Gasteiger partial charge >= 0.3 is 0 Å². The molecular weight excluding hydrogens is 331 g/mol. The van der Waals surface area contributed by atoms with E-state index in [1.54, 1.807) is 12.1 Å². The third kappa shape index (κ3) is 4.63. The second-order valence-corrected chi connectivity index (χ2v) is 6.12. The molecule has 3 N–H and O–H groups in total. The topological polar surface area (TPSA) is 38.0 Å². The normalized spacial score (nSPS) is 12.4. The Hall–Kier alpha value is -1.23. The van der Waals surface area contributed by atoms with Crippen LogP contribution in [0, 0.1) is 12.7 Å². The molecule has 0 aliphatic carbocycles. The molecule has 2 rings (SSSR count). The Morgan fingerprint density at radius 1 is 1.19 bits per heavy atom. The highest BCUT2D eigenvalue weighted by atomic mass is 79.9. The molecule has 21 heavy (non-hydrogen) atoms.